The molecule has 0 aromatic rings. The lowest BCUT2D eigenvalue weighted by Gasteiger charge is -2.35. The van der Waals surface area contributed by atoms with Crippen LogP contribution in [0.15, 0.2) is 22.7 Å². The van der Waals surface area contributed by atoms with Crippen molar-refractivity contribution in [1.82, 2.24) is 0 Å². The average molecular weight is 362 g/mol. The fraction of sp³-hybridized carbons (Fsp3) is 0.583. The number of hydrogen-bond acceptors (Lipinski definition) is 3. The molecule has 1 saturated heterocycles. The Balaban J connectivity index is 1.89. The Bertz CT molecular complexity index is 478. The van der Waals surface area contributed by atoms with Gasteiger partial charge in [0.05, 0.1) is 17.7 Å². The maximum atomic E-state index is 12.2. The highest BCUT2D eigenvalue weighted by atomic mass is 79.9. The first-order valence-corrected chi connectivity index (χ1v) is 7.26. The van der Waals surface area contributed by atoms with E-state index in [0.29, 0.717) is 17.7 Å². The number of carbonyl (C=O) groups excluding carboxylic acids is 1. The highest BCUT2D eigenvalue weighted by molar-refractivity contribution is 9.12. The van der Waals surface area contributed by atoms with Gasteiger partial charge in [0.25, 0.3) is 0 Å². The summed E-state index contributed by atoms with van der Waals surface area (Å²) in [6.07, 6.45) is 6.16. The molecule has 0 aromatic carbocycles. The minimum Gasteiger partial charge on any atom is -0.345 e. The number of Topliss-reactive ketones (excluding diaryl/α,β-unsaturated/α-hetero) is 1. The van der Waals surface area contributed by atoms with E-state index in [2.05, 4.69) is 44.0 Å². The van der Waals surface area contributed by atoms with Gasteiger partial charge in [-0.1, -0.05) is 34.2 Å². The monoisotopic (exact) mass is 360 g/mol. The van der Waals surface area contributed by atoms with E-state index in [4.69, 9.17) is 9.47 Å². The highest BCUT2D eigenvalue weighted by Gasteiger charge is 2.75. The van der Waals surface area contributed by atoms with Crippen LogP contribution in [-0.2, 0) is 14.3 Å². The summed E-state index contributed by atoms with van der Waals surface area (Å²) in [4.78, 5) is 12.2. The average Bonchev–Trinajstić information content (AvgIpc) is 2.99. The van der Waals surface area contributed by atoms with Crippen LogP contribution in [0.5, 0.6) is 0 Å². The lowest BCUT2D eigenvalue weighted by molar-refractivity contribution is -0.177. The first-order chi connectivity index (χ1) is 8.10. The van der Waals surface area contributed by atoms with Crippen LogP contribution < -0.4 is 0 Å². The molecular formula is C12H10Br2O3. The van der Waals surface area contributed by atoms with E-state index in [-0.39, 0.29) is 23.5 Å². The fourth-order valence-corrected chi connectivity index (χ4v) is 5.33. The summed E-state index contributed by atoms with van der Waals surface area (Å²) < 4.78 is 12.1. The maximum absolute atomic E-state index is 12.2. The number of hydrogen-bond donors (Lipinski definition) is 0. The summed E-state index contributed by atoms with van der Waals surface area (Å²) in [5.74, 6) is -0.399. The molecule has 1 aliphatic heterocycles. The molecule has 1 spiro atoms. The molecule has 2 bridgehead atoms. The van der Waals surface area contributed by atoms with Crippen LogP contribution in [0, 0.1) is 17.8 Å². The number of fused-ring (bicyclic) bond motifs is 3. The van der Waals surface area contributed by atoms with Gasteiger partial charge in [-0.25, -0.2) is 0 Å². The number of ketones is 1. The van der Waals surface area contributed by atoms with E-state index >= 15 is 0 Å². The van der Waals surface area contributed by atoms with E-state index in [1.54, 1.807) is 0 Å². The lowest BCUT2D eigenvalue weighted by Crippen LogP contribution is -2.48. The normalized spacial score (nSPS) is 49.2. The van der Waals surface area contributed by atoms with Crippen LogP contribution in [-0.4, -0.2) is 29.1 Å². The predicted molar refractivity (Wildman–Crippen MR) is 67.9 cm³/mol. The molecule has 2 fully saturated rings. The number of rotatable bonds is 0. The van der Waals surface area contributed by atoms with Gasteiger partial charge in [0.1, 0.15) is 4.32 Å². The van der Waals surface area contributed by atoms with Crippen LogP contribution in [0.25, 0.3) is 0 Å². The Hall–Kier alpha value is 0.0300. The predicted octanol–water partition coefficient (Wildman–Crippen LogP) is 2.16. The Labute approximate surface area is 115 Å². The molecular weight excluding hydrogens is 352 g/mol. The molecule has 0 radical (unpaired) electrons. The zero-order valence-electron chi connectivity index (χ0n) is 8.86. The molecule has 4 rings (SSSR count). The van der Waals surface area contributed by atoms with E-state index in [9.17, 15) is 4.79 Å². The van der Waals surface area contributed by atoms with Crippen molar-refractivity contribution in [1.29, 1.82) is 0 Å². The topological polar surface area (TPSA) is 35.5 Å². The molecule has 5 heteroatoms. The van der Waals surface area contributed by atoms with Crippen LogP contribution in [0.4, 0.5) is 0 Å². The van der Waals surface area contributed by atoms with Crippen molar-refractivity contribution in [3.63, 3.8) is 0 Å². The quantitative estimate of drug-likeness (QED) is 0.490. The Morgan fingerprint density at radius 3 is 2.65 bits per heavy atom. The van der Waals surface area contributed by atoms with Crippen molar-refractivity contribution in [2.24, 2.45) is 17.8 Å². The highest BCUT2D eigenvalue weighted by Crippen LogP contribution is 2.67. The van der Waals surface area contributed by atoms with Crippen LogP contribution in [0.3, 0.4) is 0 Å². The molecule has 0 aromatic heterocycles. The van der Waals surface area contributed by atoms with Crippen LogP contribution in [0.1, 0.15) is 0 Å². The summed E-state index contributed by atoms with van der Waals surface area (Å²) in [6, 6.07) is 0. The van der Waals surface area contributed by atoms with Crippen LogP contribution >= 0.6 is 31.9 Å². The van der Waals surface area contributed by atoms with Crippen molar-refractivity contribution in [2.75, 3.05) is 13.2 Å². The molecule has 3 aliphatic carbocycles. The molecule has 1 saturated carbocycles. The SMILES string of the molecule is O=C1C(Br)=C[C@H]2[C@@H]1[C@H]1C=C[C@]2(Br)C12OCCO2. The summed E-state index contributed by atoms with van der Waals surface area (Å²) in [6.45, 7) is 1.20. The minimum atomic E-state index is -0.664. The largest absolute Gasteiger partial charge is 0.345 e. The first kappa shape index (κ1) is 10.9. The summed E-state index contributed by atoms with van der Waals surface area (Å²) in [5.41, 5.74) is 0. The third kappa shape index (κ3) is 1.01. The number of ether oxygens (including phenoxy) is 2. The molecule has 0 amide bonds. The van der Waals surface area contributed by atoms with Gasteiger partial charge in [0, 0.05) is 17.8 Å². The van der Waals surface area contributed by atoms with Gasteiger partial charge >= 0.3 is 0 Å². The number of halogens is 2. The lowest BCUT2D eigenvalue weighted by atomic mass is 9.85. The molecule has 0 N–H and O–H groups in total. The third-order valence-corrected chi connectivity index (χ3v) is 6.36. The van der Waals surface area contributed by atoms with Gasteiger partial charge in [0.15, 0.2) is 11.6 Å². The van der Waals surface area contributed by atoms with Gasteiger partial charge < -0.3 is 9.47 Å². The first-order valence-electron chi connectivity index (χ1n) is 5.68. The van der Waals surface area contributed by atoms with Gasteiger partial charge in [-0.05, 0) is 15.9 Å². The van der Waals surface area contributed by atoms with E-state index in [1.165, 1.54) is 0 Å². The van der Waals surface area contributed by atoms with Gasteiger partial charge in [-0.3, -0.25) is 4.79 Å². The molecule has 4 atom stereocenters. The zero-order valence-corrected chi connectivity index (χ0v) is 12.0. The summed E-state index contributed by atoms with van der Waals surface area (Å²) in [5, 5.41) is 0. The molecule has 90 valence electrons. The maximum Gasteiger partial charge on any atom is 0.195 e. The Morgan fingerprint density at radius 2 is 2.00 bits per heavy atom. The van der Waals surface area contributed by atoms with Gasteiger partial charge in [-0.15, -0.1) is 0 Å². The van der Waals surface area contributed by atoms with Crippen molar-refractivity contribution in [3.8, 4) is 0 Å². The molecule has 0 unspecified atom stereocenters. The molecule has 17 heavy (non-hydrogen) atoms. The van der Waals surface area contributed by atoms with E-state index in [0.717, 1.165) is 0 Å². The Kier molecular flexibility index (Phi) is 2.01. The van der Waals surface area contributed by atoms with Crippen molar-refractivity contribution < 1.29 is 14.3 Å². The summed E-state index contributed by atoms with van der Waals surface area (Å²) in [7, 11) is 0. The fourth-order valence-electron chi connectivity index (χ4n) is 3.72. The van der Waals surface area contributed by atoms with Crippen LogP contribution in [0.2, 0.25) is 0 Å². The third-order valence-electron chi connectivity index (χ3n) is 4.36. The van der Waals surface area contributed by atoms with Crippen molar-refractivity contribution >= 4 is 37.6 Å². The summed E-state index contributed by atoms with van der Waals surface area (Å²) >= 11 is 7.12. The molecule has 4 aliphatic rings. The Morgan fingerprint density at radius 1 is 1.29 bits per heavy atom. The van der Waals surface area contributed by atoms with Gasteiger partial charge in [0.2, 0.25) is 0 Å². The molecule has 3 nitrogen and oxygen atoms in total. The number of allylic oxidation sites excluding steroid dienone is 2. The van der Waals surface area contributed by atoms with E-state index in [1.807, 2.05) is 6.08 Å². The van der Waals surface area contributed by atoms with E-state index < -0.39 is 10.1 Å². The van der Waals surface area contributed by atoms with Crippen molar-refractivity contribution in [3.05, 3.63) is 22.7 Å². The second-order valence-corrected chi connectivity index (χ2v) is 7.11. The second-order valence-electron chi connectivity index (χ2n) is 4.95. The number of carbonyl (C=O) groups is 1. The standard InChI is InChI=1S/C12H10Br2O3/c13-8-5-7-9(10(8)15)6-1-2-11(7,14)12(6)16-3-4-17-12/h1-2,5-7,9H,3-4H2/t6-,7+,9+,11-/m1/s1. The molecule has 1 heterocycles. The van der Waals surface area contributed by atoms with Gasteiger partial charge in [-0.2, -0.15) is 0 Å². The zero-order chi connectivity index (χ0) is 11.8. The smallest absolute Gasteiger partial charge is 0.195 e. The second kappa shape index (κ2) is 3.13. The minimum absolute atomic E-state index is 0.0215. The number of alkyl halides is 1. The van der Waals surface area contributed by atoms with Crippen molar-refractivity contribution in [2.45, 2.75) is 10.1 Å².